The summed E-state index contributed by atoms with van der Waals surface area (Å²) in [6, 6.07) is 12.4. The summed E-state index contributed by atoms with van der Waals surface area (Å²) < 4.78 is 11.9. The SMILES string of the molecule is COc1ccc(C(C)NC(=O)Cn2c(=O)cnc3ccccc32)cc1OC. The molecule has 1 atom stereocenters. The molecule has 0 saturated heterocycles. The standard InChI is InChI=1S/C20H21N3O4/c1-13(14-8-9-17(26-2)18(10-14)27-3)22-19(24)12-23-16-7-5-4-6-15(16)21-11-20(23)25/h4-11,13H,12H2,1-3H3,(H,22,24). The second kappa shape index (κ2) is 7.90. The van der Waals surface area contributed by atoms with Crippen molar-refractivity contribution in [3.8, 4) is 11.5 Å². The average Bonchev–Trinajstić information content (AvgIpc) is 2.69. The maximum absolute atomic E-state index is 12.5. The summed E-state index contributed by atoms with van der Waals surface area (Å²) in [7, 11) is 3.13. The van der Waals surface area contributed by atoms with Gasteiger partial charge >= 0.3 is 0 Å². The van der Waals surface area contributed by atoms with Crippen molar-refractivity contribution in [1.82, 2.24) is 14.9 Å². The van der Waals surface area contributed by atoms with Gasteiger partial charge in [0.1, 0.15) is 6.54 Å². The summed E-state index contributed by atoms with van der Waals surface area (Å²) in [6.07, 6.45) is 1.23. The Kier molecular flexibility index (Phi) is 5.40. The molecule has 3 rings (SSSR count). The van der Waals surface area contributed by atoms with Crippen LogP contribution in [0.25, 0.3) is 11.0 Å². The van der Waals surface area contributed by atoms with E-state index in [0.717, 1.165) is 5.56 Å². The molecule has 27 heavy (non-hydrogen) atoms. The van der Waals surface area contributed by atoms with Crippen LogP contribution in [0.2, 0.25) is 0 Å². The second-order valence-electron chi connectivity index (χ2n) is 6.07. The van der Waals surface area contributed by atoms with Crippen LogP contribution in [0.3, 0.4) is 0 Å². The molecule has 0 aliphatic heterocycles. The quantitative estimate of drug-likeness (QED) is 0.723. The van der Waals surface area contributed by atoms with Gasteiger partial charge < -0.3 is 14.8 Å². The number of aromatic nitrogens is 2. The summed E-state index contributed by atoms with van der Waals surface area (Å²) in [4.78, 5) is 28.8. The van der Waals surface area contributed by atoms with Crippen molar-refractivity contribution in [1.29, 1.82) is 0 Å². The molecule has 1 amide bonds. The first kappa shape index (κ1) is 18.4. The summed E-state index contributed by atoms with van der Waals surface area (Å²) in [5.41, 5.74) is 1.84. The molecule has 140 valence electrons. The Balaban J connectivity index is 1.79. The third-order valence-electron chi connectivity index (χ3n) is 4.34. The van der Waals surface area contributed by atoms with Crippen molar-refractivity contribution >= 4 is 16.9 Å². The molecule has 7 heteroatoms. The highest BCUT2D eigenvalue weighted by Gasteiger charge is 2.14. The van der Waals surface area contributed by atoms with Gasteiger partial charge in [-0.15, -0.1) is 0 Å². The van der Waals surface area contributed by atoms with Crippen LogP contribution in [0.4, 0.5) is 0 Å². The lowest BCUT2D eigenvalue weighted by Gasteiger charge is -2.17. The highest BCUT2D eigenvalue weighted by atomic mass is 16.5. The molecule has 1 aromatic heterocycles. The molecule has 0 aliphatic carbocycles. The van der Waals surface area contributed by atoms with Gasteiger partial charge in [0, 0.05) is 0 Å². The molecule has 2 aromatic carbocycles. The molecular formula is C20H21N3O4. The van der Waals surface area contributed by atoms with E-state index in [4.69, 9.17) is 9.47 Å². The predicted octanol–water partition coefficient (Wildman–Crippen LogP) is 2.29. The highest BCUT2D eigenvalue weighted by molar-refractivity contribution is 5.80. The Hall–Kier alpha value is -3.35. The second-order valence-corrected chi connectivity index (χ2v) is 6.07. The fourth-order valence-corrected chi connectivity index (χ4v) is 2.91. The predicted molar refractivity (Wildman–Crippen MR) is 102 cm³/mol. The van der Waals surface area contributed by atoms with Gasteiger partial charge in [0.05, 0.1) is 37.5 Å². The summed E-state index contributed by atoms with van der Waals surface area (Å²) in [5.74, 6) is 0.942. The number of rotatable bonds is 6. The number of carbonyl (C=O) groups excluding carboxylic acids is 1. The zero-order chi connectivity index (χ0) is 19.4. The third kappa shape index (κ3) is 3.92. The molecular weight excluding hydrogens is 346 g/mol. The van der Waals surface area contributed by atoms with E-state index in [0.29, 0.717) is 22.5 Å². The van der Waals surface area contributed by atoms with E-state index in [2.05, 4.69) is 10.3 Å². The van der Waals surface area contributed by atoms with E-state index < -0.39 is 0 Å². The van der Waals surface area contributed by atoms with Gasteiger partial charge in [-0.3, -0.25) is 14.2 Å². The molecule has 0 radical (unpaired) electrons. The fraction of sp³-hybridized carbons (Fsp3) is 0.250. The molecule has 0 fully saturated rings. The van der Waals surface area contributed by atoms with Crippen LogP contribution in [0.5, 0.6) is 11.5 Å². The van der Waals surface area contributed by atoms with Gasteiger partial charge in [0.2, 0.25) is 5.91 Å². The van der Waals surface area contributed by atoms with Gasteiger partial charge in [0.15, 0.2) is 11.5 Å². The first-order valence-electron chi connectivity index (χ1n) is 8.49. The van der Waals surface area contributed by atoms with Crippen molar-refractivity contribution in [2.45, 2.75) is 19.5 Å². The first-order chi connectivity index (χ1) is 13.0. The lowest BCUT2D eigenvalue weighted by atomic mass is 10.1. The van der Waals surface area contributed by atoms with Crippen LogP contribution in [0.1, 0.15) is 18.5 Å². The Morgan fingerprint density at radius 2 is 1.89 bits per heavy atom. The molecule has 1 N–H and O–H groups in total. The van der Waals surface area contributed by atoms with E-state index in [1.807, 2.05) is 31.2 Å². The number of amides is 1. The van der Waals surface area contributed by atoms with Crippen molar-refractivity contribution in [3.63, 3.8) is 0 Å². The van der Waals surface area contributed by atoms with Crippen LogP contribution in [-0.4, -0.2) is 29.7 Å². The summed E-state index contributed by atoms with van der Waals surface area (Å²) in [6.45, 7) is 1.78. The number of methoxy groups -OCH3 is 2. The lowest BCUT2D eigenvalue weighted by molar-refractivity contribution is -0.122. The van der Waals surface area contributed by atoms with Crippen LogP contribution < -0.4 is 20.3 Å². The Morgan fingerprint density at radius 1 is 1.15 bits per heavy atom. The lowest BCUT2D eigenvalue weighted by Crippen LogP contribution is -2.34. The Bertz CT molecular complexity index is 1030. The van der Waals surface area contributed by atoms with Crippen molar-refractivity contribution in [2.24, 2.45) is 0 Å². The van der Waals surface area contributed by atoms with Crippen LogP contribution >= 0.6 is 0 Å². The zero-order valence-corrected chi connectivity index (χ0v) is 15.4. The highest BCUT2D eigenvalue weighted by Crippen LogP contribution is 2.29. The number of hydrogen-bond donors (Lipinski definition) is 1. The normalized spacial score (nSPS) is 11.8. The minimum Gasteiger partial charge on any atom is -0.493 e. The number of hydrogen-bond acceptors (Lipinski definition) is 5. The molecule has 0 aliphatic rings. The smallest absolute Gasteiger partial charge is 0.269 e. The molecule has 0 spiro atoms. The van der Waals surface area contributed by atoms with Crippen molar-refractivity contribution in [2.75, 3.05) is 14.2 Å². The van der Waals surface area contributed by atoms with Gasteiger partial charge in [0.25, 0.3) is 5.56 Å². The van der Waals surface area contributed by atoms with Gasteiger partial charge in [-0.25, -0.2) is 4.98 Å². The molecule has 0 bridgehead atoms. The summed E-state index contributed by atoms with van der Waals surface area (Å²) >= 11 is 0. The minimum atomic E-state index is -0.317. The molecule has 3 aromatic rings. The molecule has 0 saturated carbocycles. The van der Waals surface area contributed by atoms with Gasteiger partial charge in [-0.2, -0.15) is 0 Å². The summed E-state index contributed by atoms with van der Waals surface area (Å²) in [5, 5.41) is 2.91. The van der Waals surface area contributed by atoms with E-state index in [9.17, 15) is 9.59 Å². The number of nitrogens with one attached hydrogen (secondary N) is 1. The zero-order valence-electron chi connectivity index (χ0n) is 15.4. The number of benzene rings is 2. The number of nitrogens with zero attached hydrogens (tertiary/aromatic N) is 2. The van der Waals surface area contributed by atoms with Crippen LogP contribution in [0.15, 0.2) is 53.5 Å². The maximum atomic E-state index is 12.5. The van der Waals surface area contributed by atoms with E-state index in [-0.39, 0.29) is 24.1 Å². The number of fused-ring (bicyclic) bond motifs is 1. The van der Waals surface area contributed by atoms with E-state index >= 15 is 0 Å². The Labute approximate surface area is 156 Å². The maximum Gasteiger partial charge on any atom is 0.269 e. The van der Waals surface area contributed by atoms with Crippen LogP contribution in [-0.2, 0) is 11.3 Å². The van der Waals surface area contributed by atoms with Gasteiger partial charge in [-0.1, -0.05) is 18.2 Å². The van der Waals surface area contributed by atoms with E-state index in [1.54, 1.807) is 32.4 Å². The molecule has 1 unspecified atom stereocenters. The van der Waals surface area contributed by atoms with Crippen molar-refractivity contribution in [3.05, 3.63) is 64.6 Å². The monoisotopic (exact) mass is 367 g/mol. The third-order valence-corrected chi connectivity index (χ3v) is 4.34. The van der Waals surface area contributed by atoms with Crippen LogP contribution in [0, 0.1) is 0 Å². The van der Waals surface area contributed by atoms with E-state index in [1.165, 1.54) is 10.8 Å². The largest absolute Gasteiger partial charge is 0.493 e. The average molecular weight is 367 g/mol. The number of carbonyl (C=O) groups is 1. The number of para-hydroxylation sites is 2. The minimum absolute atomic E-state index is 0.0838. The first-order valence-corrected chi connectivity index (χ1v) is 8.49. The molecule has 7 nitrogen and oxygen atoms in total. The fourth-order valence-electron chi connectivity index (χ4n) is 2.91. The van der Waals surface area contributed by atoms with Crippen molar-refractivity contribution < 1.29 is 14.3 Å². The molecule has 1 heterocycles. The topological polar surface area (TPSA) is 82.5 Å². The van der Waals surface area contributed by atoms with Gasteiger partial charge in [-0.05, 0) is 36.8 Å². The Morgan fingerprint density at radius 3 is 2.63 bits per heavy atom. The number of ether oxygens (including phenoxy) is 2.